The molecule has 0 atom stereocenters. The number of rotatable bonds is 9. The average Bonchev–Trinajstić information content (AvgIpc) is 3.11. The molecular weight excluding hydrogens is 408 g/mol. The highest BCUT2D eigenvalue weighted by Crippen LogP contribution is 2.23. The van der Waals surface area contributed by atoms with Crippen molar-refractivity contribution in [2.75, 3.05) is 11.1 Å². The normalized spacial score (nSPS) is 10.7. The molecule has 0 aliphatic carbocycles. The summed E-state index contributed by atoms with van der Waals surface area (Å²) in [4.78, 5) is 12.4. The van der Waals surface area contributed by atoms with Crippen molar-refractivity contribution in [3.8, 4) is 5.75 Å². The summed E-state index contributed by atoms with van der Waals surface area (Å²) in [5.74, 6) is 1.67. The molecule has 0 fully saturated rings. The lowest BCUT2D eigenvalue weighted by Gasteiger charge is -2.12. The van der Waals surface area contributed by atoms with Crippen molar-refractivity contribution in [3.63, 3.8) is 0 Å². The van der Waals surface area contributed by atoms with Gasteiger partial charge < -0.3 is 10.1 Å². The number of hydrogen-bond donors (Lipinski definition) is 1. The molecule has 0 bridgehead atoms. The first-order chi connectivity index (χ1) is 14.9. The second-order valence-electron chi connectivity index (χ2n) is 7.44. The Morgan fingerprint density at radius 1 is 1.16 bits per heavy atom. The Bertz CT molecular complexity index is 1090. The van der Waals surface area contributed by atoms with Crippen molar-refractivity contribution in [2.24, 2.45) is 0 Å². The van der Waals surface area contributed by atoms with Crippen LogP contribution in [0.1, 0.15) is 28.1 Å². The van der Waals surface area contributed by atoms with Crippen LogP contribution in [0.4, 0.5) is 5.69 Å². The largest absolute Gasteiger partial charge is 0.485 e. The van der Waals surface area contributed by atoms with E-state index >= 15 is 0 Å². The summed E-state index contributed by atoms with van der Waals surface area (Å²) in [7, 11) is 0. The van der Waals surface area contributed by atoms with E-state index in [4.69, 9.17) is 4.74 Å². The Morgan fingerprint density at radius 3 is 2.71 bits per heavy atom. The number of ether oxygens (including phenoxy) is 1. The quantitative estimate of drug-likeness (QED) is 0.377. The van der Waals surface area contributed by atoms with Crippen molar-refractivity contribution in [3.05, 3.63) is 77.1 Å². The average molecular weight is 437 g/mol. The number of aryl methyl sites for hydroxylation is 3. The van der Waals surface area contributed by atoms with Crippen molar-refractivity contribution in [2.45, 2.75) is 46.0 Å². The molecule has 2 aromatic carbocycles. The number of nitrogens with one attached hydrogen (secondary N) is 1. The number of benzene rings is 2. The topological polar surface area (TPSA) is 69.0 Å². The minimum atomic E-state index is -0.0849. The molecule has 0 saturated carbocycles. The van der Waals surface area contributed by atoms with Gasteiger partial charge in [-0.1, -0.05) is 47.7 Å². The van der Waals surface area contributed by atoms with Gasteiger partial charge in [-0.2, -0.15) is 0 Å². The summed E-state index contributed by atoms with van der Waals surface area (Å²) in [6.45, 7) is 12.8. The lowest BCUT2D eigenvalue weighted by molar-refractivity contribution is -0.113. The van der Waals surface area contributed by atoms with Crippen LogP contribution < -0.4 is 10.1 Å². The van der Waals surface area contributed by atoms with Crippen LogP contribution in [0, 0.1) is 27.7 Å². The zero-order valence-corrected chi connectivity index (χ0v) is 19.3. The predicted molar refractivity (Wildman–Crippen MR) is 126 cm³/mol. The smallest absolute Gasteiger partial charge is 0.234 e. The molecule has 0 aliphatic heterocycles. The molecule has 0 saturated heterocycles. The third kappa shape index (κ3) is 5.76. The minimum Gasteiger partial charge on any atom is -0.485 e. The van der Waals surface area contributed by atoms with Gasteiger partial charge in [0.15, 0.2) is 11.0 Å². The number of carbonyl (C=O) groups is 1. The van der Waals surface area contributed by atoms with Crippen LogP contribution in [0.25, 0.3) is 0 Å². The number of aromatic nitrogens is 3. The van der Waals surface area contributed by atoms with Crippen LogP contribution >= 0.6 is 11.8 Å². The number of hydrogen-bond acceptors (Lipinski definition) is 5. The van der Waals surface area contributed by atoms with E-state index in [0.29, 0.717) is 24.1 Å². The van der Waals surface area contributed by atoms with Gasteiger partial charge >= 0.3 is 0 Å². The third-order valence-corrected chi connectivity index (χ3v) is 5.97. The number of thioether (sulfide) groups is 1. The predicted octanol–water partition coefficient (Wildman–Crippen LogP) is 5.01. The van der Waals surface area contributed by atoms with E-state index < -0.39 is 0 Å². The van der Waals surface area contributed by atoms with E-state index in [-0.39, 0.29) is 11.7 Å². The van der Waals surface area contributed by atoms with Gasteiger partial charge in [0.1, 0.15) is 12.4 Å². The highest BCUT2D eigenvalue weighted by atomic mass is 32.2. The molecule has 6 nitrogen and oxygen atoms in total. The lowest BCUT2D eigenvalue weighted by atomic mass is 10.1. The van der Waals surface area contributed by atoms with Crippen molar-refractivity contribution < 1.29 is 9.53 Å². The molecular formula is C24H28N4O2S. The van der Waals surface area contributed by atoms with E-state index in [1.165, 1.54) is 17.3 Å². The highest BCUT2D eigenvalue weighted by Gasteiger charge is 2.15. The summed E-state index contributed by atoms with van der Waals surface area (Å²) in [6, 6.07) is 11.9. The number of anilines is 1. The molecule has 0 spiro atoms. The maximum absolute atomic E-state index is 12.4. The fourth-order valence-corrected chi connectivity index (χ4v) is 3.90. The van der Waals surface area contributed by atoms with Gasteiger partial charge in [-0.05, 0) is 56.5 Å². The summed E-state index contributed by atoms with van der Waals surface area (Å²) >= 11 is 1.35. The SMILES string of the molecule is C=CCn1c(COc2cccc(C)c2C)nnc1SCC(=O)Nc1ccc(C)cc1C. The summed E-state index contributed by atoms with van der Waals surface area (Å²) in [6.07, 6.45) is 1.78. The maximum Gasteiger partial charge on any atom is 0.234 e. The van der Waals surface area contributed by atoms with Gasteiger partial charge in [0, 0.05) is 12.2 Å². The van der Waals surface area contributed by atoms with Crippen LogP contribution in [0.15, 0.2) is 54.2 Å². The van der Waals surface area contributed by atoms with Crippen LogP contribution in [-0.2, 0) is 17.9 Å². The third-order valence-electron chi connectivity index (χ3n) is 5.01. The first kappa shape index (κ1) is 22.6. The molecule has 31 heavy (non-hydrogen) atoms. The highest BCUT2D eigenvalue weighted by molar-refractivity contribution is 7.99. The Labute approximate surface area is 187 Å². The van der Waals surface area contributed by atoms with Gasteiger partial charge in [-0.15, -0.1) is 16.8 Å². The monoisotopic (exact) mass is 436 g/mol. The van der Waals surface area contributed by atoms with E-state index in [1.807, 2.05) is 55.7 Å². The van der Waals surface area contributed by atoms with Gasteiger partial charge in [0.05, 0.1) is 5.75 Å². The molecule has 162 valence electrons. The number of carbonyl (C=O) groups excluding carboxylic acids is 1. The number of allylic oxidation sites excluding steroid dienone is 1. The first-order valence-corrected chi connectivity index (χ1v) is 11.1. The number of amides is 1. The van der Waals surface area contributed by atoms with Gasteiger partial charge in [0.25, 0.3) is 0 Å². The maximum atomic E-state index is 12.4. The molecule has 1 aromatic heterocycles. The van der Waals surface area contributed by atoms with Crippen LogP contribution in [0.5, 0.6) is 5.75 Å². The zero-order chi connectivity index (χ0) is 22.4. The molecule has 3 aromatic rings. The van der Waals surface area contributed by atoms with E-state index in [9.17, 15) is 4.79 Å². The van der Waals surface area contributed by atoms with E-state index in [1.54, 1.807) is 6.08 Å². The summed E-state index contributed by atoms with van der Waals surface area (Å²) in [5, 5.41) is 12.2. The Balaban J connectivity index is 1.64. The fraction of sp³-hybridized carbons (Fsp3) is 0.292. The van der Waals surface area contributed by atoms with E-state index in [2.05, 4.69) is 35.1 Å². The van der Waals surface area contributed by atoms with Crippen LogP contribution in [-0.4, -0.2) is 26.4 Å². The standard InChI is InChI=1S/C24H28N4O2S/c1-6-12-28-22(14-30-21-9-7-8-17(3)19(21)5)26-27-24(28)31-15-23(29)25-20-11-10-16(2)13-18(20)4/h6-11,13H,1,12,14-15H2,2-5H3,(H,25,29). The molecule has 7 heteroatoms. The molecule has 3 rings (SSSR count). The Morgan fingerprint density at radius 2 is 1.97 bits per heavy atom. The van der Waals surface area contributed by atoms with Gasteiger partial charge in [-0.25, -0.2) is 0 Å². The Kier molecular flexibility index (Phi) is 7.52. The van der Waals surface area contributed by atoms with Crippen molar-refractivity contribution in [1.82, 2.24) is 14.8 Å². The second-order valence-corrected chi connectivity index (χ2v) is 8.38. The molecule has 1 amide bonds. The zero-order valence-electron chi connectivity index (χ0n) is 18.4. The van der Waals surface area contributed by atoms with E-state index in [0.717, 1.165) is 28.1 Å². The lowest BCUT2D eigenvalue weighted by Crippen LogP contribution is -2.15. The van der Waals surface area contributed by atoms with Crippen LogP contribution in [0.3, 0.4) is 0 Å². The van der Waals surface area contributed by atoms with Crippen molar-refractivity contribution in [1.29, 1.82) is 0 Å². The fourth-order valence-electron chi connectivity index (χ4n) is 3.14. The molecule has 1 heterocycles. The van der Waals surface area contributed by atoms with Gasteiger partial charge in [0.2, 0.25) is 5.91 Å². The molecule has 1 N–H and O–H groups in total. The molecule has 0 unspecified atom stereocenters. The molecule has 0 radical (unpaired) electrons. The summed E-state index contributed by atoms with van der Waals surface area (Å²) < 4.78 is 7.91. The first-order valence-electron chi connectivity index (χ1n) is 10.1. The Hall–Kier alpha value is -3.06. The summed E-state index contributed by atoms with van der Waals surface area (Å²) in [5.41, 5.74) is 5.31. The van der Waals surface area contributed by atoms with Gasteiger partial charge in [-0.3, -0.25) is 9.36 Å². The second kappa shape index (κ2) is 10.3. The van der Waals surface area contributed by atoms with Crippen molar-refractivity contribution >= 4 is 23.4 Å². The molecule has 0 aliphatic rings. The number of nitrogens with zero attached hydrogens (tertiary/aromatic N) is 3. The van der Waals surface area contributed by atoms with Crippen LogP contribution in [0.2, 0.25) is 0 Å². The minimum absolute atomic E-state index is 0.0849.